The lowest BCUT2D eigenvalue weighted by atomic mass is 10.0. The van der Waals surface area contributed by atoms with Gasteiger partial charge in [0.2, 0.25) is 0 Å². The highest BCUT2D eigenvalue weighted by Crippen LogP contribution is 2.34. The van der Waals surface area contributed by atoms with Crippen LogP contribution in [0.1, 0.15) is 67.6 Å². The third-order valence-corrected chi connectivity index (χ3v) is 6.26. The first-order valence-corrected chi connectivity index (χ1v) is 10.4. The number of pyridine rings is 1. The summed E-state index contributed by atoms with van der Waals surface area (Å²) >= 11 is 0. The second-order valence-electron chi connectivity index (χ2n) is 8.21. The Labute approximate surface area is 163 Å². The van der Waals surface area contributed by atoms with Crippen LogP contribution in [0.3, 0.4) is 0 Å². The highest BCUT2D eigenvalue weighted by atomic mass is 16.1. The quantitative estimate of drug-likeness (QED) is 0.754. The summed E-state index contributed by atoms with van der Waals surface area (Å²) in [6.45, 7) is 4.00. The molecule has 0 amide bonds. The number of hydrogen-bond donors (Lipinski definition) is 1. The van der Waals surface area contributed by atoms with Gasteiger partial charge in [0.15, 0.2) is 5.82 Å². The number of aryl methyl sites for hydroxylation is 1. The third-order valence-electron chi connectivity index (χ3n) is 6.26. The zero-order valence-electron chi connectivity index (χ0n) is 16.3. The first kappa shape index (κ1) is 17.6. The molecular formula is C21H26N6O. The average molecular weight is 378 g/mol. The first-order valence-electron chi connectivity index (χ1n) is 10.4. The minimum atomic E-state index is -0.202. The molecule has 1 aromatic carbocycles. The van der Waals surface area contributed by atoms with Gasteiger partial charge < -0.3 is 4.98 Å². The first-order chi connectivity index (χ1) is 13.7. The lowest BCUT2D eigenvalue weighted by Crippen LogP contribution is -2.33. The molecule has 3 heterocycles. The summed E-state index contributed by atoms with van der Waals surface area (Å²) in [6.07, 6.45) is 6.94. The van der Waals surface area contributed by atoms with Gasteiger partial charge in [-0.3, -0.25) is 9.69 Å². The Hall–Kier alpha value is -2.54. The van der Waals surface area contributed by atoms with Crippen LogP contribution in [0.2, 0.25) is 0 Å². The van der Waals surface area contributed by atoms with Crippen LogP contribution in [-0.2, 0) is 0 Å². The number of nitrogens with zero attached hydrogens (tertiary/aromatic N) is 5. The topological polar surface area (TPSA) is 79.7 Å². The summed E-state index contributed by atoms with van der Waals surface area (Å²) in [7, 11) is 0. The van der Waals surface area contributed by atoms with Gasteiger partial charge in [0.25, 0.3) is 5.56 Å². The van der Waals surface area contributed by atoms with Crippen molar-refractivity contribution in [3.05, 3.63) is 51.6 Å². The van der Waals surface area contributed by atoms with Gasteiger partial charge in [0.05, 0.1) is 6.04 Å². The molecular weight excluding hydrogens is 352 g/mol. The lowest BCUT2D eigenvalue weighted by Gasteiger charge is -2.27. The Balaban J connectivity index is 1.66. The van der Waals surface area contributed by atoms with Crippen molar-refractivity contribution < 1.29 is 0 Å². The summed E-state index contributed by atoms with van der Waals surface area (Å²) in [5.41, 5.74) is 2.75. The number of rotatable bonds is 4. The van der Waals surface area contributed by atoms with E-state index in [4.69, 9.17) is 0 Å². The molecule has 146 valence electrons. The second-order valence-corrected chi connectivity index (χ2v) is 8.21. The number of hydrogen-bond acceptors (Lipinski definition) is 5. The number of fused-ring (bicyclic) bond motifs is 1. The number of H-pyrrole nitrogens is 1. The summed E-state index contributed by atoms with van der Waals surface area (Å²) in [6, 6.07) is 8.30. The zero-order chi connectivity index (χ0) is 19.1. The Morgan fingerprint density at radius 1 is 1.11 bits per heavy atom. The van der Waals surface area contributed by atoms with Crippen molar-refractivity contribution in [2.75, 3.05) is 13.1 Å². The summed E-state index contributed by atoms with van der Waals surface area (Å²) < 4.78 is 2.00. The monoisotopic (exact) mass is 378 g/mol. The maximum atomic E-state index is 13.1. The SMILES string of the molecule is Cc1ccc2[nH]c(=O)c([C@@H](c3nnnn3C3CCCC3)N3CCCC3)cc2c1. The zero-order valence-corrected chi connectivity index (χ0v) is 16.3. The van der Waals surface area contributed by atoms with Gasteiger partial charge in [-0.05, 0) is 79.7 Å². The fourth-order valence-corrected chi connectivity index (χ4v) is 4.83. The second kappa shape index (κ2) is 7.13. The molecule has 1 saturated carbocycles. The van der Waals surface area contributed by atoms with Gasteiger partial charge in [-0.15, -0.1) is 5.10 Å². The molecule has 0 bridgehead atoms. The molecule has 7 nitrogen and oxygen atoms in total. The molecule has 0 spiro atoms. The van der Waals surface area contributed by atoms with Crippen molar-refractivity contribution >= 4 is 10.9 Å². The number of benzene rings is 1. The summed E-state index contributed by atoms with van der Waals surface area (Å²) in [4.78, 5) is 18.5. The van der Waals surface area contributed by atoms with E-state index in [9.17, 15) is 4.79 Å². The molecule has 28 heavy (non-hydrogen) atoms. The standard InChI is InChI=1S/C21H26N6O/c1-14-8-9-18-15(12-14)13-17(21(28)22-18)19(26-10-4-5-11-26)20-23-24-25-27(20)16-6-2-3-7-16/h8-9,12-13,16,19H,2-7,10-11H2,1H3,(H,22,28)/t19-/m0/s1. The molecule has 7 heteroatoms. The predicted molar refractivity (Wildman–Crippen MR) is 107 cm³/mol. The lowest BCUT2D eigenvalue weighted by molar-refractivity contribution is 0.256. The normalized spacial score (nSPS) is 19.6. The highest BCUT2D eigenvalue weighted by Gasteiger charge is 2.34. The molecule has 1 aliphatic heterocycles. The van der Waals surface area contributed by atoms with Crippen LogP contribution >= 0.6 is 0 Å². The Kier molecular flexibility index (Phi) is 4.47. The van der Waals surface area contributed by atoms with E-state index in [1.807, 2.05) is 22.9 Å². The molecule has 3 aromatic rings. The minimum Gasteiger partial charge on any atom is -0.322 e. The fourth-order valence-electron chi connectivity index (χ4n) is 4.83. The molecule has 2 aliphatic rings. The smallest absolute Gasteiger partial charge is 0.253 e. The van der Waals surface area contributed by atoms with Gasteiger partial charge in [-0.1, -0.05) is 24.5 Å². The van der Waals surface area contributed by atoms with E-state index in [0.29, 0.717) is 6.04 Å². The van der Waals surface area contributed by atoms with Crippen molar-refractivity contribution in [3.63, 3.8) is 0 Å². The van der Waals surface area contributed by atoms with E-state index in [2.05, 4.69) is 38.4 Å². The Morgan fingerprint density at radius 2 is 1.89 bits per heavy atom. The van der Waals surface area contributed by atoms with Crippen LogP contribution < -0.4 is 5.56 Å². The highest BCUT2D eigenvalue weighted by molar-refractivity contribution is 5.79. The summed E-state index contributed by atoms with van der Waals surface area (Å²) in [5.74, 6) is 0.811. The van der Waals surface area contributed by atoms with Crippen LogP contribution in [0.4, 0.5) is 0 Å². The minimum absolute atomic E-state index is 0.0470. The van der Waals surface area contributed by atoms with Crippen molar-refractivity contribution in [3.8, 4) is 0 Å². The van der Waals surface area contributed by atoms with E-state index >= 15 is 0 Å². The molecule has 0 radical (unpaired) electrons. The Morgan fingerprint density at radius 3 is 2.68 bits per heavy atom. The van der Waals surface area contributed by atoms with Crippen LogP contribution in [-0.4, -0.2) is 43.2 Å². The van der Waals surface area contributed by atoms with Gasteiger partial charge in [-0.25, -0.2) is 4.68 Å². The maximum absolute atomic E-state index is 13.1. The van der Waals surface area contributed by atoms with Crippen molar-refractivity contribution in [2.24, 2.45) is 0 Å². The van der Waals surface area contributed by atoms with Crippen LogP contribution in [0.25, 0.3) is 10.9 Å². The summed E-state index contributed by atoms with van der Waals surface area (Å²) in [5, 5.41) is 13.8. The van der Waals surface area contributed by atoms with E-state index in [1.165, 1.54) is 18.4 Å². The van der Waals surface area contributed by atoms with Gasteiger partial charge in [-0.2, -0.15) is 0 Å². The van der Waals surface area contributed by atoms with E-state index in [0.717, 1.165) is 61.1 Å². The van der Waals surface area contributed by atoms with Gasteiger partial charge >= 0.3 is 0 Å². The Bertz CT molecular complexity index is 1040. The molecule has 2 fully saturated rings. The number of tetrazole rings is 1. The molecule has 5 rings (SSSR count). The van der Waals surface area contributed by atoms with Gasteiger partial charge in [0, 0.05) is 11.1 Å². The van der Waals surface area contributed by atoms with Gasteiger partial charge in [0.1, 0.15) is 6.04 Å². The number of likely N-dealkylation sites (tertiary alicyclic amines) is 1. The molecule has 1 aliphatic carbocycles. The fraction of sp³-hybridized carbons (Fsp3) is 0.524. The van der Waals surface area contributed by atoms with Crippen LogP contribution in [0.5, 0.6) is 0 Å². The average Bonchev–Trinajstić information content (AvgIpc) is 3.45. The van der Waals surface area contributed by atoms with Crippen molar-refractivity contribution in [1.82, 2.24) is 30.1 Å². The van der Waals surface area contributed by atoms with Crippen LogP contribution in [0, 0.1) is 6.92 Å². The molecule has 1 saturated heterocycles. The number of nitrogens with one attached hydrogen (secondary N) is 1. The van der Waals surface area contributed by atoms with E-state index in [-0.39, 0.29) is 11.6 Å². The molecule has 2 aromatic heterocycles. The molecule has 1 atom stereocenters. The van der Waals surface area contributed by atoms with E-state index < -0.39 is 0 Å². The number of aromatic nitrogens is 5. The molecule has 1 N–H and O–H groups in total. The predicted octanol–water partition coefficient (Wildman–Crippen LogP) is 3.12. The largest absolute Gasteiger partial charge is 0.322 e. The van der Waals surface area contributed by atoms with Crippen molar-refractivity contribution in [2.45, 2.75) is 57.5 Å². The molecule has 0 unspecified atom stereocenters. The van der Waals surface area contributed by atoms with E-state index in [1.54, 1.807) is 0 Å². The number of aromatic amines is 1. The van der Waals surface area contributed by atoms with Crippen LogP contribution in [0.15, 0.2) is 29.1 Å². The third kappa shape index (κ3) is 3.03. The maximum Gasteiger partial charge on any atom is 0.253 e. The van der Waals surface area contributed by atoms with Crippen molar-refractivity contribution in [1.29, 1.82) is 0 Å².